The molecular formula is C22H14N4O5. The summed E-state index contributed by atoms with van der Waals surface area (Å²) >= 11 is 0. The van der Waals surface area contributed by atoms with Crippen molar-refractivity contribution in [2.24, 2.45) is 0 Å². The van der Waals surface area contributed by atoms with Gasteiger partial charge in [-0.2, -0.15) is 0 Å². The molecule has 0 aliphatic heterocycles. The number of rotatable bonds is 5. The largest absolute Gasteiger partial charge is 0.276 e. The van der Waals surface area contributed by atoms with Crippen LogP contribution in [-0.4, -0.2) is 19.4 Å². The maximum atomic E-state index is 13.2. The minimum absolute atomic E-state index is 0.0798. The second-order valence-electron chi connectivity index (χ2n) is 6.55. The number of benzene rings is 3. The third kappa shape index (κ3) is 3.79. The number of non-ortho nitro benzene ring substituents is 1. The van der Waals surface area contributed by atoms with Gasteiger partial charge in [-0.3, -0.25) is 29.6 Å². The van der Waals surface area contributed by atoms with E-state index in [4.69, 9.17) is 0 Å². The Hall–Kier alpha value is -4.66. The van der Waals surface area contributed by atoms with E-state index in [0.717, 1.165) is 0 Å². The highest BCUT2D eigenvalue weighted by Gasteiger charge is 2.14. The van der Waals surface area contributed by atoms with Crippen molar-refractivity contribution < 1.29 is 9.85 Å². The van der Waals surface area contributed by atoms with Crippen LogP contribution >= 0.6 is 0 Å². The molecule has 0 N–H and O–H groups in total. The van der Waals surface area contributed by atoms with E-state index in [-0.39, 0.29) is 22.8 Å². The van der Waals surface area contributed by atoms with Gasteiger partial charge in [-0.15, -0.1) is 0 Å². The fraction of sp³-hybridized carbons (Fsp3) is 0. The van der Waals surface area contributed by atoms with Crippen LogP contribution in [0.3, 0.4) is 0 Å². The average molecular weight is 414 g/mol. The Labute approximate surface area is 174 Å². The Kier molecular flexibility index (Phi) is 5.07. The van der Waals surface area contributed by atoms with Crippen molar-refractivity contribution in [3.8, 4) is 5.69 Å². The molecule has 4 rings (SSSR count). The van der Waals surface area contributed by atoms with Gasteiger partial charge in [-0.1, -0.05) is 24.3 Å². The number of nitro benzene ring substituents is 2. The molecular weight excluding hydrogens is 400 g/mol. The third-order valence-corrected chi connectivity index (χ3v) is 4.67. The van der Waals surface area contributed by atoms with Gasteiger partial charge in [0.15, 0.2) is 0 Å². The molecule has 9 heteroatoms. The minimum atomic E-state index is -0.527. The second-order valence-corrected chi connectivity index (χ2v) is 6.55. The maximum absolute atomic E-state index is 13.2. The van der Waals surface area contributed by atoms with Gasteiger partial charge in [0, 0.05) is 18.2 Å². The number of aromatic nitrogens is 2. The summed E-state index contributed by atoms with van der Waals surface area (Å²) in [5, 5.41) is 22.6. The van der Waals surface area contributed by atoms with E-state index in [1.807, 2.05) is 0 Å². The lowest BCUT2D eigenvalue weighted by Crippen LogP contribution is -2.22. The van der Waals surface area contributed by atoms with Crippen molar-refractivity contribution in [3.05, 3.63) is 115 Å². The van der Waals surface area contributed by atoms with Crippen LogP contribution in [0.2, 0.25) is 0 Å². The molecule has 0 aliphatic rings. The average Bonchev–Trinajstić information content (AvgIpc) is 2.78. The normalized spacial score (nSPS) is 11.1. The van der Waals surface area contributed by atoms with Gasteiger partial charge < -0.3 is 0 Å². The number of para-hydroxylation sites is 2. The van der Waals surface area contributed by atoms with Crippen LogP contribution in [0.25, 0.3) is 28.7 Å². The highest BCUT2D eigenvalue weighted by molar-refractivity contribution is 5.80. The Morgan fingerprint density at radius 3 is 2.19 bits per heavy atom. The molecule has 0 amide bonds. The molecule has 3 aromatic carbocycles. The van der Waals surface area contributed by atoms with Crippen molar-refractivity contribution in [3.63, 3.8) is 0 Å². The molecule has 0 bridgehead atoms. The lowest BCUT2D eigenvalue weighted by Gasteiger charge is -2.11. The fourth-order valence-corrected chi connectivity index (χ4v) is 3.19. The van der Waals surface area contributed by atoms with Gasteiger partial charge in [0.1, 0.15) is 5.82 Å². The van der Waals surface area contributed by atoms with E-state index in [0.29, 0.717) is 22.2 Å². The molecule has 0 atom stereocenters. The molecule has 0 fully saturated rings. The summed E-state index contributed by atoms with van der Waals surface area (Å²) in [6.45, 7) is 0. The molecule has 31 heavy (non-hydrogen) atoms. The van der Waals surface area contributed by atoms with Crippen LogP contribution in [0.5, 0.6) is 0 Å². The van der Waals surface area contributed by atoms with Crippen molar-refractivity contribution in [1.82, 2.24) is 9.55 Å². The maximum Gasteiger partial charge on any atom is 0.276 e. The highest BCUT2D eigenvalue weighted by Crippen LogP contribution is 2.22. The molecule has 0 spiro atoms. The third-order valence-electron chi connectivity index (χ3n) is 4.67. The Bertz CT molecular complexity index is 1410. The first kappa shape index (κ1) is 19.6. The Morgan fingerprint density at radius 1 is 0.806 bits per heavy atom. The van der Waals surface area contributed by atoms with Crippen molar-refractivity contribution in [1.29, 1.82) is 0 Å². The SMILES string of the molecule is O=c1c2ccccc2nc(/C=C\c2ccccc2[N+](=O)[O-])n1-c1ccc([N+](=O)[O-])cc1. The molecule has 0 saturated carbocycles. The van der Waals surface area contributed by atoms with E-state index in [1.54, 1.807) is 42.5 Å². The zero-order valence-corrected chi connectivity index (χ0v) is 15.9. The summed E-state index contributed by atoms with van der Waals surface area (Å²) in [6.07, 6.45) is 3.02. The molecule has 0 unspecified atom stereocenters. The van der Waals surface area contributed by atoms with Gasteiger partial charge in [-0.05, 0) is 42.5 Å². The molecule has 0 radical (unpaired) electrons. The first-order valence-corrected chi connectivity index (χ1v) is 9.14. The monoisotopic (exact) mass is 414 g/mol. The summed E-state index contributed by atoms with van der Waals surface area (Å²) in [5.74, 6) is 0.232. The van der Waals surface area contributed by atoms with Gasteiger partial charge in [0.2, 0.25) is 0 Å². The van der Waals surface area contributed by atoms with Gasteiger partial charge in [-0.25, -0.2) is 4.98 Å². The fourth-order valence-electron chi connectivity index (χ4n) is 3.19. The van der Waals surface area contributed by atoms with Gasteiger partial charge in [0.25, 0.3) is 16.9 Å². The zero-order chi connectivity index (χ0) is 22.0. The van der Waals surface area contributed by atoms with Crippen LogP contribution in [0.4, 0.5) is 11.4 Å². The van der Waals surface area contributed by atoms with Crippen LogP contribution < -0.4 is 5.56 Å². The standard InChI is InChI=1S/C22H14N4O5/c27-22-18-6-2-3-7-19(18)23-21(14-9-15-5-1-4-8-20(15)26(30)31)24(22)16-10-12-17(13-11-16)25(28)29/h1-14H/b14-9-. The van der Waals surface area contributed by atoms with E-state index < -0.39 is 9.85 Å². The van der Waals surface area contributed by atoms with Crippen LogP contribution in [-0.2, 0) is 0 Å². The van der Waals surface area contributed by atoms with Crippen molar-refractivity contribution >= 4 is 34.4 Å². The Morgan fingerprint density at radius 2 is 1.48 bits per heavy atom. The minimum Gasteiger partial charge on any atom is -0.268 e. The van der Waals surface area contributed by atoms with Crippen LogP contribution in [0.1, 0.15) is 11.4 Å². The van der Waals surface area contributed by atoms with Crippen molar-refractivity contribution in [2.75, 3.05) is 0 Å². The van der Waals surface area contributed by atoms with E-state index >= 15 is 0 Å². The van der Waals surface area contributed by atoms with Crippen molar-refractivity contribution in [2.45, 2.75) is 0 Å². The Balaban J connectivity index is 1.92. The first-order chi connectivity index (χ1) is 15.0. The number of hydrogen-bond donors (Lipinski definition) is 0. The molecule has 152 valence electrons. The second kappa shape index (κ2) is 7.99. The summed E-state index contributed by atoms with van der Waals surface area (Å²) < 4.78 is 1.32. The lowest BCUT2D eigenvalue weighted by atomic mass is 10.1. The summed E-state index contributed by atoms with van der Waals surface area (Å²) in [4.78, 5) is 39.0. The summed E-state index contributed by atoms with van der Waals surface area (Å²) in [7, 11) is 0. The molecule has 4 aromatic rings. The van der Waals surface area contributed by atoms with Crippen LogP contribution in [0.15, 0.2) is 77.6 Å². The topological polar surface area (TPSA) is 121 Å². The van der Waals surface area contributed by atoms with Gasteiger partial charge >= 0.3 is 0 Å². The molecule has 1 heterocycles. The smallest absolute Gasteiger partial charge is 0.268 e. The van der Waals surface area contributed by atoms with E-state index in [1.165, 1.54) is 47.1 Å². The van der Waals surface area contributed by atoms with E-state index in [2.05, 4.69) is 4.98 Å². The number of hydrogen-bond acceptors (Lipinski definition) is 6. The molecule has 0 saturated heterocycles. The lowest BCUT2D eigenvalue weighted by molar-refractivity contribution is -0.385. The van der Waals surface area contributed by atoms with E-state index in [9.17, 15) is 25.0 Å². The predicted octanol–water partition coefficient (Wildman–Crippen LogP) is 4.37. The summed E-state index contributed by atoms with van der Waals surface area (Å²) in [6, 6.07) is 18.5. The number of nitro groups is 2. The molecule has 0 aliphatic carbocycles. The molecule has 1 aromatic heterocycles. The summed E-state index contributed by atoms with van der Waals surface area (Å²) in [5.41, 5.74) is 0.655. The number of fused-ring (bicyclic) bond motifs is 1. The predicted molar refractivity (Wildman–Crippen MR) is 116 cm³/mol. The number of nitrogens with zero attached hydrogens (tertiary/aromatic N) is 4. The zero-order valence-electron chi connectivity index (χ0n) is 15.9. The quantitative estimate of drug-likeness (QED) is 0.353. The molecule has 9 nitrogen and oxygen atoms in total. The highest BCUT2D eigenvalue weighted by atomic mass is 16.6. The van der Waals surface area contributed by atoms with Crippen LogP contribution in [0, 0.1) is 20.2 Å². The first-order valence-electron chi connectivity index (χ1n) is 9.14. The van der Waals surface area contributed by atoms with Gasteiger partial charge in [0.05, 0.1) is 32.0 Å².